The second kappa shape index (κ2) is 8.20. The minimum Gasteiger partial charge on any atom is -0.394 e. The highest BCUT2D eigenvalue weighted by atomic mass is 19.1. The van der Waals surface area contributed by atoms with Gasteiger partial charge in [0.25, 0.3) is 0 Å². The van der Waals surface area contributed by atoms with Crippen LogP contribution in [0, 0.1) is 5.82 Å². The number of hydrogen-bond donors (Lipinski definition) is 4. The van der Waals surface area contributed by atoms with Crippen molar-refractivity contribution in [3.8, 4) is 11.1 Å². The van der Waals surface area contributed by atoms with Crippen molar-refractivity contribution in [3.63, 3.8) is 0 Å². The second-order valence-corrected chi connectivity index (χ2v) is 6.07. The standard InChI is InChI=1S/C19H22FNO4/c1-13(18(25)21-19(10-22,11-23)12-24)15-7-8-16(17(20)9-15)14-5-3-2-4-6-14/h2-9,13,22-24H,10-12H2,1H3,(H,21,25). The summed E-state index contributed by atoms with van der Waals surface area (Å²) < 4.78 is 14.4. The number of rotatable bonds is 7. The molecule has 0 bridgehead atoms. The number of hydrogen-bond acceptors (Lipinski definition) is 4. The second-order valence-electron chi connectivity index (χ2n) is 6.07. The first-order chi connectivity index (χ1) is 12.0. The Kier molecular flexibility index (Phi) is 6.25. The van der Waals surface area contributed by atoms with Crippen LogP contribution in [0.3, 0.4) is 0 Å². The third-order valence-electron chi connectivity index (χ3n) is 4.27. The number of nitrogens with one attached hydrogen (secondary N) is 1. The van der Waals surface area contributed by atoms with Gasteiger partial charge in [-0.15, -0.1) is 0 Å². The fourth-order valence-electron chi connectivity index (χ4n) is 2.44. The smallest absolute Gasteiger partial charge is 0.227 e. The summed E-state index contributed by atoms with van der Waals surface area (Å²) in [7, 11) is 0. The summed E-state index contributed by atoms with van der Waals surface area (Å²) in [6.45, 7) is -0.248. The predicted molar refractivity (Wildman–Crippen MR) is 92.4 cm³/mol. The molecule has 0 saturated carbocycles. The quantitative estimate of drug-likeness (QED) is 0.610. The average Bonchev–Trinajstić information content (AvgIpc) is 2.66. The number of halogens is 1. The number of aliphatic hydroxyl groups is 3. The van der Waals surface area contributed by atoms with Crippen molar-refractivity contribution in [2.45, 2.75) is 18.4 Å². The van der Waals surface area contributed by atoms with E-state index in [2.05, 4.69) is 5.32 Å². The van der Waals surface area contributed by atoms with Gasteiger partial charge < -0.3 is 20.6 Å². The summed E-state index contributed by atoms with van der Waals surface area (Å²) in [5, 5.41) is 30.3. The van der Waals surface area contributed by atoms with E-state index in [-0.39, 0.29) is 0 Å². The number of aliphatic hydroxyl groups excluding tert-OH is 3. The zero-order chi connectivity index (χ0) is 18.4. The molecule has 0 spiro atoms. The third-order valence-corrected chi connectivity index (χ3v) is 4.27. The molecule has 0 fully saturated rings. The van der Waals surface area contributed by atoms with Crippen LogP contribution in [0.1, 0.15) is 18.4 Å². The summed E-state index contributed by atoms with van der Waals surface area (Å²) in [5.41, 5.74) is 0.127. The molecule has 6 heteroatoms. The van der Waals surface area contributed by atoms with Crippen LogP contribution in [0.25, 0.3) is 11.1 Å². The Morgan fingerprint density at radius 2 is 1.68 bits per heavy atom. The van der Waals surface area contributed by atoms with E-state index in [1.54, 1.807) is 31.2 Å². The van der Waals surface area contributed by atoms with Crippen molar-refractivity contribution in [1.29, 1.82) is 0 Å². The van der Waals surface area contributed by atoms with Gasteiger partial charge in [-0.05, 0) is 24.1 Å². The maximum atomic E-state index is 14.4. The van der Waals surface area contributed by atoms with Crippen molar-refractivity contribution in [2.75, 3.05) is 19.8 Å². The van der Waals surface area contributed by atoms with Crippen LogP contribution >= 0.6 is 0 Å². The molecular weight excluding hydrogens is 325 g/mol. The lowest BCUT2D eigenvalue weighted by atomic mass is 9.94. The number of benzene rings is 2. The van der Waals surface area contributed by atoms with E-state index in [1.807, 2.05) is 18.2 Å². The third kappa shape index (κ3) is 4.22. The molecule has 0 heterocycles. The van der Waals surface area contributed by atoms with E-state index < -0.39 is 43.0 Å². The summed E-state index contributed by atoms with van der Waals surface area (Å²) in [6.07, 6.45) is 0. The fraction of sp³-hybridized carbons (Fsp3) is 0.316. The van der Waals surface area contributed by atoms with Gasteiger partial charge in [0.05, 0.1) is 25.7 Å². The van der Waals surface area contributed by atoms with Gasteiger partial charge in [0, 0.05) is 5.56 Å². The summed E-state index contributed by atoms with van der Waals surface area (Å²) in [6, 6.07) is 13.6. The molecule has 0 aliphatic rings. The molecule has 0 saturated heterocycles. The van der Waals surface area contributed by atoms with E-state index in [0.717, 1.165) is 5.56 Å². The Balaban J connectivity index is 2.21. The molecule has 2 aromatic carbocycles. The van der Waals surface area contributed by atoms with E-state index >= 15 is 0 Å². The van der Waals surface area contributed by atoms with Gasteiger partial charge in [0.2, 0.25) is 5.91 Å². The molecule has 134 valence electrons. The Labute approximate surface area is 145 Å². The van der Waals surface area contributed by atoms with Gasteiger partial charge in [0.1, 0.15) is 11.4 Å². The molecule has 2 aromatic rings. The lowest BCUT2D eigenvalue weighted by Crippen LogP contribution is -2.57. The molecule has 0 radical (unpaired) electrons. The van der Waals surface area contributed by atoms with Gasteiger partial charge in [0.15, 0.2) is 0 Å². The van der Waals surface area contributed by atoms with E-state index in [4.69, 9.17) is 0 Å². The number of carbonyl (C=O) groups excluding carboxylic acids is 1. The van der Waals surface area contributed by atoms with E-state index in [0.29, 0.717) is 11.1 Å². The normalized spacial score (nSPS) is 12.7. The molecule has 0 aliphatic carbocycles. The monoisotopic (exact) mass is 347 g/mol. The minimum atomic E-state index is -1.51. The Morgan fingerprint density at radius 3 is 2.20 bits per heavy atom. The van der Waals surface area contributed by atoms with Gasteiger partial charge in [-0.1, -0.05) is 42.5 Å². The number of carbonyl (C=O) groups is 1. The Bertz CT molecular complexity index is 708. The van der Waals surface area contributed by atoms with Gasteiger partial charge in [-0.25, -0.2) is 4.39 Å². The first kappa shape index (κ1) is 19.1. The van der Waals surface area contributed by atoms with Crippen molar-refractivity contribution < 1.29 is 24.5 Å². The molecule has 0 aliphatic heterocycles. The topological polar surface area (TPSA) is 89.8 Å². The van der Waals surface area contributed by atoms with Gasteiger partial charge >= 0.3 is 0 Å². The molecule has 0 aromatic heterocycles. The highest BCUT2D eigenvalue weighted by molar-refractivity contribution is 5.84. The highest BCUT2D eigenvalue weighted by Crippen LogP contribution is 2.26. The maximum Gasteiger partial charge on any atom is 0.227 e. The molecule has 1 atom stereocenters. The average molecular weight is 347 g/mol. The van der Waals surface area contributed by atoms with Crippen molar-refractivity contribution >= 4 is 5.91 Å². The lowest BCUT2D eigenvalue weighted by molar-refractivity contribution is -0.126. The molecule has 1 amide bonds. The summed E-state index contributed by atoms with van der Waals surface area (Å²) in [4.78, 5) is 12.3. The molecule has 25 heavy (non-hydrogen) atoms. The number of amides is 1. The highest BCUT2D eigenvalue weighted by Gasteiger charge is 2.32. The van der Waals surface area contributed by atoms with Gasteiger partial charge in [-0.3, -0.25) is 4.79 Å². The molecular formula is C19H22FNO4. The summed E-state index contributed by atoms with van der Waals surface area (Å²) in [5.74, 6) is -1.69. The lowest BCUT2D eigenvalue weighted by Gasteiger charge is -2.30. The molecule has 2 rings (SSSR count). The SMILES string of the molecule is CC(C(=O)NC(CO)(CO)CO)c1ccc(-c2ccccc2)c(F)c1. The fourth-order valence-corrected chi connectivity index (χ4v) is 2.44. The first-order valence-corrected chi connectivity index (χ1v) is 7.96. The first-order valence-electron chi connectivity index (χ1n) is 7.96. The zero-order valence-electron chi connectivity index (χ0n) is 13.9. The largest absolute Gasteiger partial charge is 0.394 e. The minimum absolute atomic E-state index is 0.437. The van der Waals surface area contributed by atoms with Crippen LogP contribution in [0.4, 0.5) is 4.39 Å². The molecule has 5 nitrogen and oxygen atoms in total. The van der Waals surface area contributed by atoms with Crippen LogP contribution in [0.2, 0.25) is 0 Å². The predicted octanol–water partition coefficient (Wildman–Crippen LogP) is 1.43. The van der Waals surface area contributed by atoms with Crippen LogP contribution in [-0.4, -0.2) is 46.6 Å². The van der Waals surface area contributed by atoms with Crippen molar-refractivity contribution in [1.82, 2.24) is 5.32 Å². The Morgan fingerprint density at radius 1 is 1.08 bits per heavy atom. The van der Waals surface area contributed by atoms with Gasteiger partial charge in [-0.2, -0.15) is 0 Å². The molecule has 4 N–H and O–H groups in total. The van der Waals surface area contributed by atoms with Crippen LogP contribution in [-0.2, 0) is 4.79 Å². The molecule has 1 unspecified atom stereocenters. The summed E-state index contributed by atoms with van der Waals surface area (Å²) >= 11 is 0. The van der Waals surface area contributed by atoms with E-state index in [9.17, 15) is 24.5 Å². The van der Waals surface area contributed by atoms with Crippen LogP contribution < -0.4 is 5.32 Å². The van der Waals surface area contributed by atoms with Crippen molar-refractivity contribution in [2.24, 2.45) is 0 Å². The van der Waals surface area contributed by atoms with Crippen molar-refractivity contribution in [3.05, 3.63) is 59.9 Å². The van der Waals surface area contributed by atoms with Crippen LogP contribution in [0.5, 0.6) is 0 Å². The maximum absolute atomic E-state index is 14.4. The van der Waals surface area contributed by atoms with Crippen LogP contribution in [0.15, 0.2) is 48.5 Å². The van der Waals surface area contributed by atoms with E-state index in [1.165, 1.54) is 6.07 Å². The zero-order valence-corrected chi connectivity index (χ0v) is 13.9. The Hall–Kier alpha value is -2.28.